The second-order valence-electron chi connectivity index (χ2n) is 6.15. The monoisotopic (exact) mass is 283 g/mol. The molecule has 2 aromatic rings. The van der Waals surface area contributed by atoms with Crippen molar-refractivity contribution in [2.45, 2.75) is 33.1 Å². The van der Waals surface area contributed by atoms with Gasteiger partial charge in [-0.25, -0.2) is 4.98 Å². The molecule has 0 amide bonds. The van der Waals surface area contributed by atoms with E-state index in [4.69, 9.17) is 15.9 Å². The first-order chi connectivity index (χ1) is 9.77. The largest absolute Gasteiger partial charge is 0.439 e. The number of nitrogens with one attached hydrogen (secondary N) is 1. The van der Waals surface area contributed by atoms with E-state index in [0.717, 1.165) is 11.3 Å². The van der Waals surface area contributed by atoms with Gasteiger partial charge in [-0.1, -0.05) is 38.5 Å². The molecule has 1 aromatic carbocycles. The molecule has 1 aromatic heterocycles. The quantitative estimate of drug-likeness (QED) is 0.665. The average Bonchev–Trinajstić information content (AvgIpc) is 2.40. The van der Waals surface area contributed by atoms with Gasteiger partial charge in [0, 0.05) is 23.4 Å². The summed E-state index contributed by atoms with van der Waals surface area (Å²) in [6.07, 6.45) is 1.54. The van der Waals surface area contributed by atoms with Crippen molar-refractivity contribution in [1.29, 1.82) is 5.41 Å². The molecular formula is C17H21N3O. The topological polar surface area (TPSA) is 72.0 Å². The van der Waals surface area contributed by atoms with E-state index >= 15 is 0 Å². The molecule has 0 spiro atoms. The predicted octanol–water partition coefficient (Wildman–Crippen LogP) is 3.76. The summed E-state index contributed by atoms with van der Waals surface area (Å²) in [5.74, 6) is 1.30. The number of amidine groups is 1. The maximum atomic E-state index is 7.36. The zero-order valence-electron chi connectivity index (χ0n) is 12.9. The number of pyridine rings is 1. The fourth-order valence-corrected chi connectivity index (χ4v) is 2.03. The van der Waals surface area contributed by atoms with Crippen molar-refractivity contribution in [3.05, 3.63) is 53.2 Å². The van der Waals surface area contributed by atoms with E-state index in [9.17, 15) is 0 Å². The molecule has 0 aliphatic rings. The van der Waals surface area contributed by atoms with Crippen molar-refractivity contribution in [3.8, 4) is 11.6 Å². The second-order valence-corrected chi connectivity index (χ2v) is 6.15. The van der Waals surface area contributed by atoms with Crippen LogP contribution in [0, 0.1) is 12.3 Å². The fraction of sp³-hybridized carbons (Fsp3) is 0.294. The van der Waals surface area contributed by atoms with E-state index in [0.29, 0.717) is 11.4 Å². The molecule has 110 valence electrons. The molecule has 4 nitrogen and oxygen atoms in total. The zero-order valence-corrected chi connectivity index (χ0v) is 12.9. The standard InChI is InChI=1S/C17H21N3O/c1-11-5-7-14(13(9-11)17(2,3)4)21-15-8-6-12(10-20-15)16(18)19/h5-10H,1-4H3,(H3,18,19). The highest BCUT2D eigenvalue weighted by Gasteiger charge is 2.19. The Labute approximate surface area is 125 Å². The van der Waals surface area contributed by atoms with Gasteiger partial charge in [0.05, 0.1) is 0 Å². The first-order valence-corrected chi connectivity index (χ1v) is 6.87. The smallest absolute Gasteiger partial charge is 0.219 e. The van der Waals surface area contributed by atoms with Gasteiger partial charge in [0.1, 0.15) is 11.6 Å². The molecule has 0 saturated heterocycles. The molecule has 0 aliphatic heterocycles. The number of nitrogens with two attached hydrogens (primary N) is 1. The van der Waals surface area contributed by atoms with Crippen LogP contribution < -0.4 is 10.5 Å². The van der Waals surface area contributed by atoms with Gasteiger partial charge >= 0.3 is 0 Å². The number of nitrogens with zero attached hydrogens (tertiary/aromatic N) is 1. The average molecular weight is 283 g/mol. The van der Waals surface area contributed by atoms with Crippen molar-refractivity contribution >= 4 is 5.84 Å². The molecule has 1 heterocycles. The number of aromatic nitrogens is 1. The van der Waals surface area contributed by atoms with Crippen LogP contribution in [0.5, 0.6) is 11.6 Å². The molecular weight excluding hydrogens is 262 g/mol. The zero-order chi connectivity index (χ0) is 15.6. The number of hydrogen-bond acceptors (Lipinski definition) is 3. The Kier molecular flexibility index (Phi) is 3.98. The summed E-state index contributed by atoms with van der Waals surface area (Å²) < 4.78 is 5.90. The summed E-state index contributed by atoms with van der Waals surface area (Å²) in [7, 11) is 0. The third-order valence-electron chi connectivity index (χ3n) is 3.20. The third kappa shape index (κ3) is 3.60. The Balaban J connectivity index is 2.33. The maximum absolute atomic E-state index is 7.36. The van der Waals surface area contributed by atoms with Gasteiger partial charge in [0.2, 0.25) is 5.88 Å². The lowest BCUT2D eigenvalue weighted by Crippen LogP contribution is -2.13. The predicted molar refractivity (Wildman–Crippen MR) is 85.2 cm³/mol. The van der Waals surface area contributed by atoms with Crippen LogP contribution in [0.1, 0.15) is 37.5 Å². The van der Waals surface area contributed by atoms with Crippen LogP contribution in [0.4, 0.5) is 0 Å². The molecule has 0 radical (unpaired) electrons. The molecule has 2 rings (SSSR count). The number of hydrogen-bond donors (Lipinski definition) is 2. The van der Waals surface area contributed by atoms with E-state index < -0.39 is 0 Å². The van der Waals surface area contributed by atoms with Gasteiger partial charge in [0.15, 0.2) is 0 Å². The van der Waals surface area contributed by atoms with Crippen molar-refractivity contribution < 1.29 is 4.74 Å². The minimum absolute atomic E-state index is 0.000216. The normalized spacial score (nSPS) is 11.2. The van der Waals surface area contributed by atoms with E-state index in [-0.39, 0.29) is 11.3 Å². The number of nitrogen functional groups attached to an aromatic ring is 1. The first-order valence-electron chi connectivity index (χ1n) is 6.87. The van der Waals surface area contributed by atoms with Gasteiger partial charge in [-0.15, -0.1) is 0 Å². The van der Waals surface area contributed by atoms with Crippen LogP contribution in [-0.4, -0.2) is 10.8 Å². The summed E-state index contributed by atoms with van der Waals surface area (Å²) in [5.41, 5.74) is 8.33. The summed E-state index contributed by atoms with van der Waals surface area (Å²) in [6.45, 7) is 8.53. The Morgan fingerprint density at radius 3 is 2.43 bits per heavy atom. The lowest BCUT2D eigenvalue weighted by atomic mass is 9.85. The Hall–Kier alpha value is -2.36. The van der Waals surface area contributed by atoms with Crippen molar-refractivity contribution in [2.75, 3.05) is 0 Å². The number of aryl methyl sites for hydroxylation is 1. The highest BCUT2D eigenvalue weighted by molar-refractivity contribution is 5.94. The van der Waals surface area contributed by atoms with Gasteiger partial charge in [-0.2, -0.15) is 0 Å². The highest BCUT2D eigenvalue weighted by Crippen LogP contribution is 2.34. The summed E-state index contributed by atoms with van der Waals surface area (Å²) in [4.78, 5) is 4.20. The Morgan fingerprint density at radius 2 is 1.90 bits per heavy atom. The van der Waals surface area contributed by atoms with Crippen LogP contribution in [-0.2, 0) is 5.41 Å². The van der Waals surface area contributed by atoms with E-state index in [1.54, 1.807) is 18.3 Å². The summed E-state index contributed by atoms with van der Waals surface area (Å²) >= 11 is 0. The van der Waals surface area contributed by atoms with Crippen molar-refractivity contribution in [3.63, 3.8) is 0 Å². The molecule has 0 aliphatic carbocycles. The number of benzene rings is 1. The van der Waals surface area contributed by atoms with Crippen LogP contribution >= 0.6 is 0 Å². The third-order valence-corrected chi connectivity index (χ3v) is 3.20. The minimum atomic E-state index is -0.0132. The molecule has 0 atom stereocenters. The van der Waals surface area contributed by atoms with Gasteiger partial charge in [-0.05, 0) is 24.5 Å². The summed E-state index contributed by atoms with van der Waals surface area (Å²) in [6, 6.07) is 9.59. The first kappa shape index (κ1) is 15.0. The molecule has 0 saturated carbocycles. The van der Waals surface area contributed by atoms with Gasteiger partial charge in [0.25, 0.3) is 0 Å². The lowest BCUT2D eigenvalue weighted by molar-refractivity contribution is 0.439. The second kappa shape index (κ2) is 5.56. The molecule has 3 N–H and O–H groups in total. The Morgan fingerprint density at radius 1 is 1.19 bits per heavy atom. The van der Waals surface area contributed by atoms with E-state index in [1.165, 1.54) is 5.56 Å². The molecule has 0 unspecified atom stereocenters. The van der Waals surface area contributed by atoms with Crippen molar-refractivity contribution in [2.24, 2.45) is 5.73 Å². The van der Waals surface area contributed by atoms with Crippen LogP contribution in [0.25, 0.3) is 0 Å². The lowest BCUT2D eigenvalue weighted by Gasteiger charge is -2.23. The highest BCUT2D eigenvalue weighted by atomic mass is 16.5. The Bertz CT molecular complexity index is 655. The van der Waals surface area contributed by atoms with Gasteiger partial charge in [-0.3, -0.25) is 5.41 Å². The fourth-order valence-electron chi connectivity index (χ4n) is 2.03. The van der Waals surface area contributed by atoms with Crippen LogP contribution in [0.15, 0.2) is 36.5 Å². The van der Waals surface area contributed by atoms with Crippen LogP contribution in [0.2, 0.25) is 0 Å². The molecule has 4 heteroatoms. The minimum Gasteiger partial charge on any atom is -0.439 e. The molecule has 21 heavy (non-hydrogen) atoms. The van der Waals surface area contributed by atoms with E-state index in [2.05, 4.69) is 38.7 Å². The number of ether oxygens (including phenoxy) is 1. The SMILES string of the molecule is Cc1ccc(Oc2ccc(C(=N)N)cn2)c(C(C)(C)C)c1. The van der Waals surface area contributed by atoms with Gasteiger partial charge < -0.3 is 10.5 Å². The van der Waals surface area contributed by atoms with Crippen LogP contribution in [0.3, 0.4) is 0 Å². The molecule has 0 bridgehead atoms. The van der Waals surface area contributed by atoms with Crippen molar-refractivity contribution in [1.82, 2.24) is 4.98 Å². The summed E-state index contributed by atoms with van der Waals surface area (Å²) in [5, 5.41) is 7.36. The van der Waals surface area contributed by atoms with E-state index in [1.807, 2.05) is 12.1 Å². The molecule has 0 fully saturated rings. The number of rotatable bonds is 3. The maximum Gasteiger partial charge on any atom is 0.219 e.